The van der Waals surface area contributed by atoms with Crippen LogP contribution in [0.1, 0.15) is 18.3 Å². The van der Waals surface area contributed by atoms with Crippen molar-refractivity contribution in [2.75, 3.05) is 0 Å². The summed E-state index contributed by atoms with van der Waals surface area (Å²) < 4.78 is 1.70. The maximum Gasteiger partial charge on any atom is 0.159 e. The predicted octanol–water partition coefficient (Wildman–Crippen LogP) is 1.17. The van der Waals surface area contributed by atoms with E-state index in [1.165, 1.54) is 6.92 Å². The minimum Gasteiger partial charge on any atom is -0.300 e. The molecule has 14 heavy (non-hydrogen) atoms. The molecule has 0 aliphatic heterocycles. The van der Waals surface area contributed by atoms with Gasteiger partial charge in [-0.1, -0.05) is 6.07 Å². The summed E-state index contributed by atoms with van der Waals surface area (Å²) in [7, 11) is 0. The lowest BCUT2D eigenvalue weighted by molar-refractivity contribution is -0.116. The Morgan fingerprint density at radius 2 is 2.29 bits per heavy atom. The molecular weight excluding hydrogens is 178 g/mol. The molecule has 2 rings (SSSR count). The van der Waals surface area contributed by atoms with Crippen LogP contribution in [0.15, 0.2) is 18.3 Å². The number of nitrogens with zero attached hydrogens (tertiary/aromatic N) is 3. The average molecular weight is 189 g/mol. The Morgan fingerprint density at radius 1 is 1.50 bits per heavy atom. The highest BCUT2D eigenvalue weighted by Crippen LogP contribution is 2.04. The van der Waals surface area contributed by atoms with Crippen molar-refractivity contribution < 1.29 is 4.79 Å². The summed E-state index contributed by atoms with van der Waals surface area (Å²) in [5.74, 6) is 0.667. The van der Waals surface area contributed by atoms with Gasteiger partial charge < -0.3 is 0 Å². The fraction of sp³-hybridized carbons (Fsp3) is 0.300. The molecule has 0 radical (unpaired) electrons. The first-order chi connectivity index (χ1) is 6.65. The molecule has 0 aliphatic rings. The molecule has 2 aromatic rings. The quantitative estimate of drug-likeness (QED) is 0.712. The van der Waals surface area contributed by atoms with E-state index in [9.17, 15) is 4.79 Å². The van der Waals surface area contributed by atoms with Crippen molar-refractivity contribution in [3.63, 3.8) is 0 Å². The average Bonchev–Trinajstić information content (AvgIpc) is 2.44. The Hall–Kier alpha value is -1.71. The highest BCUT2D eigenvalue weighted by atomic mass is 16.1. The van der Waals surface area contributed by atoms with Crippen LogP contribution in [-0.4, -0.2) is 20.4 Å². The zero-order valence-corrected chi connectivity index (χ0v) is 8.19. The molecule has 0 spiro atoms. The Morgan fingerprint density at radius 3 is 3.00 bits per heavy atom. The summed E-state index contributed by atoms with van der Waals surface area (Å²) in [5, 5.41) is 4.20. The second-order valence-electron chi connectivity index (χ2n) is 3.42. The van der Waals surface area contributed by atoms with Crippen molar-refractivity contribution in [3.8, 4) is 0 Å². The molecule has 72 valence electrons. The van der Waals surface area contributed by atoms with Crippen LogP contribution in [-0.2, 0) is 11.2 Å². The minimum atomic E-state index is 0.0811. The number of aryl methyl sites for hydroxylation is 1. The van der Waals surface area contributed by atoms with Gasteiger partial charge in [0.2, 0.25) is 0 Å². The number of carbonyl (C=O) groups excluding carboxylic acids is 1. The second kappa shape index (κ2) is 3.21. The van der Waals surface area contributed by atoms with Crippen LogP contribution >= 0.6 is 0 Å². The van der Waals surface area contributed by atoms with Gasteiger partial charge in [-0.2, -0.15) is 5.10 Å². The SMILES string of the molecule is CC(=O)Cc1nc2ccc(C)cn2n1. The number of carbonyl (C=O) groups is 1. The lowest BCUT2D eigenvalue weighted by Crippen LogP contribution is -1.98. The second-order valence-corrected chi connectivity index (χ2v) is 3.42. The first kappa shape index (κ1) is 8.87. The molecule has 0 bridgehead atoms. The number of ketones is 1. The van der Waals surface area contributed by atoms with Crippen molar-refractivity contribution in [2.45, 2.75) is 20.3 Å². The standard InChI is InChI=1S/C10H11N3O/c1-7-3-4-10-11-9(5-8(2)14)12-13(10)6-7/h3-4,6H,5H2,1-2H3. The van der Waals surface area contributed by atoms with Crippen LogP contribution < -0.4 is 0 Å². The van der Waals surface area contributed by atoms with Gasteiger partial charge in [-0.3, -0.25) is 4.79 Å². The highest BCUT2D eigenvalue weighted by molar-refractivity contribution is 5.77. The summed E-state index contributed by atoms with van der Waals surface area (Å²) in [6.07, 6.45) is 2.20. The summed E-state index contributed by atoms with van der Waals surface area (Å²) in [6.45, 7) is 3.53. The van der Waals surface area contributed by atoms with Crippen molar-refractivity contribution >= 4 is 11.4 Å². The van der Waals surface area contributed by atoms with Gasteiger partial charge in [0.15, 0.2) is 11.5 Å². The Kier molecular flexibility index (Phi) is 2.04. The largest absolute Gasteiger partial charge is 0.300 e. The molecule has 0 saturated heterocycles. The molecule has 2 heterocycles. The molecular formula is C10H11N3O. The molecule has 0 atom stereocenters. The smallest absolute Gasteiger partial charge is 0.159 e. The van der Waals surface area contributed by atoms with Gasteiger partial charge in [-0.15, -0.1) is 0 Å². The third kappa shape index (κ3) is 1.64. The Labute approximate surface area is 81.6 Å². The maximum absolute atomic E-state index is 10.9. The van der Waals surface area contributed by atoms with Crippen LogP contribution in [0.4, 0.5) is 0 Å². The van der Waals surface area contributed by atoms with E-state index in [1.54, 1.807) is 4.52 Å². The van der Waals surface area contributed by atoms with Gasteiger partial charge in [0.25, 0.3) is 0 Å². The predicted molar refractivity (Wildman–Crippen MR) is 52.1 cm³/mol. The number of aromatic nitrogens is 3. The third-order valence-corrected chi connectivity index (χ3v) is 1.93. The van der Waals surface area contributed by atoms with Gasteiger partial charge in [0, 0.05) is 6.20 Å². The van der Waals surface area contributed by atoms with E-state index in [2.05, 4.69) is 10.1 Å². The lowest BCUT2D eigenvalue weighted by Gasteiger charge is -1.91. The third-order valence-electron chi connectivity index (χ3n) is 1.93. The number of rotatable bonds is 2. The lowest BCUT2D eigenvalue weighted by atomic mass is 10.3. The van der Waals surface area contributed by atoms with Crippen molar-refractivity contribution in [1.29, 1.82) is 0 Å². The van der Waals surface area contributed by atoms with Gasteiger partial charge in [0.05, 0.1) is 6.42 Å². The van der Waals surface area contributed by atoms with E-state index < -0.39 is 0 Å². The van der Waals surface area contributed by atoms with E-state index >= 15 is 0 Å². The topological polar surface area (TPSA) is 47.3 Å². The van der Waals surface area contributed by atoms with Crippen molar-refractivity contribution in [2.24, 2.45) is 0 Å². The van der Waals surface area contributed by atoms with Gasteiger partial charge in [-0.25, -0.2) is 9.50 Å². The number of Topliss-reactive ketones (excluding diaryl/α,β-unsaturated/α-hetero) is 1. The first-order valence-corrected chi connectivity index (χ1v) is 4.46. The summed E-state index contributed by atoms with van der Waals surface area (Å²) in [4.78, 5) is 15.1. The van der Waals surface area contributed by atoms with E-state index in [1.807, 2.05) is 25.3 Å². The summed E-state index contributed by atoms with van der Waals surface area (Å²) in [5.41, 5.74) is 1.91. The van der Waals surface area contributed by atoms with Gasteiger partial charge in [0.1, 0.15) is 5.78 Å². The molecule has 0 fully saturated rings. The monoisotopic (exact) mass is 189 g/mol. The van der Waals surface area contributed by atoms with E-state index in [-0.39, 0.29) is 5.78 Å². The molecule has 4 heteroatoms. The highest BCUT2D eigenvalue weighted by Gasteiger charge is 2.05. The Bertz CT molecular complexity index is 487. The van der Waals surface area contributed by atoms with Crippen LogP contribution in [0.3, 0.4) is 0 Å². The molecule has 2 aromatic heterocycles. The molecule has 0 unspecified atom stereocenters. The van der Waals surface area contributed by atoms with E-state index in [0.29, 0.717) is 12.2 Å². The molecule has 0 N–H and O–H groups in total. The summed E-state index contributed by atoms with van der Waals surface area (Å²) in [6, 6.07) is 3.87. The van der Waals surface area contributed by atoms with E-state index in [4.69, 9.17) is 0 Å². The van der Waals surface area contributed by atoms with Crippen LogP contribution in [0.2, 0.25) is 0 Å². The number of pyridine rings is 1. The Balaban J connectivity index is 2.46. The molecule has 0 amide bonds. The molecule has 4 nitrogen and oxygen atoms in total. The fourth-order valence-corrected chi connectivity index (χ4v) is 1.33. The zero-order valence-electron chi connectivity index (χ0n) is 8.19. The molecule has 0 aliphatic carbocycles. The van der Waals surface area contributed by atoms with Gasteiger partial charge in [-0.05, 0) is 25.5 Å². The first-order valence-electron chi connectivity index (χ1n) is 4.46. The number of hydrogen-bond acceptors (Lipinski definition) is 3. The number of hydrogen-bond donors (Lipinski definition) is 0. The molecule has 0 aromatic carbocycles. The fourth-order valence-electron chi connectivity index (χ4n) is 1.33. The zero-order chi connectivity index (χ0) is 10.1. The number of fused-ring (bicyclic) bond motifs is 1. The van der Waals surface area contributed by atoms with Crippen LogP contribution in [0.5, 0.6) is 0 Å². The van der Waals surface area contributed by atoms with Crippen LogP contribution in [0.25, 0.3) is 5.65 Å². The van der Waals surface area contributed by atoms with E-state index in [0.717, 1.165) is 11.2 Å². The normalized spacial score (nSPS) is 10.7. The summed E-state index contributed by atoms with van der Waals surface area (Å²) >= 11 is 0. The van der Waals surface area contributed by atoms with Gasteiger partial charge >= 0.3 is 0 Å². The maximum atomic E-state index is 10.9. The van der Waals surface area contributed by atoms with Crippen molar-refractivity contribution in [1.82, 2.24) is 14.6 Å². The molecule has 0 saturated carbocycles. The van der Waals surface area contributed by atoms with Crippen molar-refractivity contribution in [3.05, 3.63) is 29.7 Å². The minimum absolute atomic E-state index is 0.0811. The van der Waals surface area contributed by atoms with Crippen LogP contribution in [0, 0.1) is 6.92 Å².